The van der Waals surface area contributed by atoms with E-state index in [1.54, 1.807) is 6.07 Å². The first-order valence-corrected chi connectivity index (χ1v) is 4.57. The highest BCUT2D eigenvalue weighted by atomic mass is 16.5. The molecule has 0 aromatic heterocycles. The molecule has 0 amide bonds. The van der Waals surface area contributed by atoms with Gasteiger partial charge in [0.25, 0.3) is 0 Å². The highest BCUT2D eigenvalue weighted by molar-refractivity contribution is 5.38. The van der Waals surface area contributed by atoms with Gasteiger partial charge in [0.2, 0.25) is 0 Å². The minimum absolute atomic E-state index is 0.0529. The number of hydrogen-bond donors (Lipinski definition) is 1. The number of aromatic hydroxyl groups is 1. The van der Waals surface area contributed by atoms with E-state index >= 15 is 0 Å². The molecule has 13 heavy (non-hydrogen) atoms. The van der Waals surface area contributed by atoms with Crippen LogP contribution in [0.2, 0.25) is 0 Å². The number of hydrogen-bond acceptors (Lipinski definition) is 2. The van der Waals surface area contributed by atoms with Crippen molar-refractivity contribution in [1.29, 1.82) is 0 Å². The zero-order valence-corrected chi connectivity index (χ0v) is 8.37. The van der Waals surface area contributed by atoms with Crippen LogP contribution in [0.1, 0.15) is 31.1 Å². The molecular formula is C11H16O2. The molecule has 2 heteroatoms. The zero-order chi connectivity index (χ0) is 9.84. The number of ether oxygens (including phenoxy) is 1. The Kier molecular flexibility index (Phi) is 3.32. The molecule has 0 heterocycles. The maximum atomic E-state index is 9.46. The second kappa shape index (κ2) is 4.28. The van der Waals surface area contributed by atoms with Gasteiger partial charge < -0.3 is 9.84 Å². The van der Waals surface area contributed by atoms with Crippen LogP contribution in [0.25, 0.3) is 0 Å². The van der Waals surface area contributed by atoms with Gasteiger partial charge in [0.15, 0.2) is 0 Å². The van der Waals surface area contributed by atoms with E-state index in [1.807, 2.05) is 32.9 Å². The van der Waals surface area contributed by atoms with Crippen molar-refractivity contribution in [3.63, 3.8) is 0 Å². The summed E-state index contributed by atoms with van der Waals surface area (Å²) >= 11 is 0. The van der Waals surface area contributed by atoms with Gasteiger partial charge in [0, 0.05) is 6.61 Å². The van der Waals surface area contributed by atoms with Gasteiger partial charge in [-0.1, -0.05) is 12.1 Å². The Balaban J connectivity index is 2.93. The van der Waals surface area contributed by atoms with Gasteiger partial charge in [0.05, 0.1) is 6.10 Å². The van der Waals surface area contributed by atoms with Crippen molar-refractivity contribution >= 4 is 0 Å². The predicted molar refractivity (Wildman–Crippen MR) is 52.9 cm³/mol. The second-order valence-corrected chi connectivity index (χ2v) is 3.09. The summed E-state index contributed by atoms with van der Waals surface area (Å²) in [4.78, 5) is 0. The van der Waals surface area contributed by atoms with Crippen LogP contribution < -0.4 is 0 Å². The van der Waals surface area contributed by atoms with E-state index in [0.717, 1.165) is 11.1 Å². The van der Waals surface area contributed by atoms with Gasteiger partial charge in [0.1, 0.15) is 5.75 Å². The van der Waals surface area contributed by atoms with E-state index in [0.29, 0.717) is 12.4 Å². The van der Waals surface area contributed by atoms with Gasteiger partial charge in [-0.3, -0.25) is 0 Å². The molecule has 0 bridgehead atoms. The summed E-state index contributed by atoms with van der Waals surface area (Å²) in [6.45, 7) is 6.55. The fourth-order valence-electron chi connectivity index (χ4n) is 1.42. The molecule has 0 aliphatic rings. The Morgan fingerprint density at radius 1 is 1.46 bits per heavy atom. The highest BCUT2D eigenvalue weighted by Crippen LogP contribution is 2.26. The second-order valence-electron chi connectivity index (χ2n) is 3.09. The first-order chi connectivity index (χ1) is 6.16. The van der Waals surface area contributed by atoms with Crippen molar-refractivity contribution in [1.82, 2.24) is 0 Å². The van der Waals surface area contributed by atoms with Gasteiger partial charge in [-0.15, -0.1) is 0 Å². The highest BCUT2D eigenvalue weighted by Gasteiger charge is 2.09. The molecule has 0 saturated carbocycles. The molecule has 1 N–H and O–H groups in total. The fraction of sp³-hybridized carbons (Fsp3) is 0.455. The Bertz CT molecular complexity index is 281. The molecule has 1 unspecified atom stereocenters. The lowest BCUT2D eigenvalue weighted by molar-refractivity contribution is 0.0758. The van der Waals surface area contributed by atoms with E-state index in [9.17, 15) is 5.11 Å². The lowest BCUT2D eigenvalue weighted by Crippen LogP contribution is -2.01. The number of benzene rings is 1. The quantitative estimate of drug-likeness (QED) is 0.775. The summed E-state index contributed by atoms with van der Waals surface area (Å²) < 4.78 is 5.45. The van der Waals surface area contributed by atoms with E-state index in [-0.39, 0.29) is 6.10 Å². The van der Waals surface area contributed by atoms with Crippen molar-refractivity contribution in [2.24, 2.45) is 0 Å². The van der Waals surface area contributed by atoms with E-state index in [1.165, 1.54) is 0 Å². The molecule has 0 aliphatic carbocycles. The van der Waals surface area contributed by atoms with Crippen LogP contribution in [0.4, 0.5) is 0 Å². The van der Waals surface area contributed by atoms with Gasteiger partial charge in [-0.25, -0.2) is 0 Å². The first-order valence-electron chi connectivity index (χ1n) is 4.57. The maximum absolute atomic E-state index is 9.46. The Labute approximate surface area is 79.2 Å². The molecule has 0 spiro atoms. The van der Waals surface area contributed by atoms with Crippen LogP contribution in [0.3, 0.4) is 0 Å². The third kappa shape index (κ3) is 2.22. The SMILES string of the molecule is CCOC(C)c1cccc(O)c1C. The Morgan fingerprint density at radius 3 is 2.77 bits per heavy atom. The van der Waals surface area contributed by atoms with Crippen molar-refractivity contribution in [2.75, 3.05) is 6.61 Å². The van der Waals surface area contributed by atoms with E-state index in [2.05, 4.69) is 0 Å². The summed E-state index contributed by atoms with van der Waals surface area (Å²) in [7, 11) is 0. The van der Waals surface area contributed by atoms with Crippen molar-refractivity contribution < 1.29 is 9.84 Å². The average Bonchev–Trinajstić information content (AvgIpc) is 2.10. The smallest absolute Gasteiger partial charge is 0.118 e. The normalized spacial score (nSPS) is 12.8. The number of phenolic OH excluding ortho intramolecular Hbond substituents is 1. The zero-order valence-electron chi connectivity index (χ0n) is 8.37. The molecule has 72 valence electrons. The number of rotatable bonds is 3. The van der Waals surface area contributed by atoms with Crippen LogP contribution in [0, 0.1) is 6.92 Å². The lowest BCUT2D eigenvalue weighted by Gasteiger charge is -2.15. The van der Waals surface area contributed by atoms with Gasteiger partial charge >= 0.3 is 0 Å². The van der Waals surface area contributed by atoms with E-state index < -0.39 is 0 Å². The Hall–Kier alpha value is -1.02. The molecule has 1 aromatic carbocycles. The molecular weight excluding hydrogens is 164 g/mol. The van der Waals surface area contributed by atoms with Gasteiger partial charge in [-0.2, -0.15) is 0 Å². The van der Waals surface area contributed by atoms with Gasteiger partial charge in [-0.05, 0) is 38.0 Å². The third-order valence-corrected chi connectivity index (χ3v) is 2.20. The average molecular weight is 180 g/mol. The van der Waals surface area contributed by atoms with E-state index in [4.69, 9.17) is 4.74 Å². The molecule has 2 nitrogen and oxygen atoms in total. The Morgan fingerprint density at radius 2 is 2.15 bits per heavy atom. The van der Waals surface area contributed by atoms with Crippen molar-refractivity contribution in [2.45, 2.75) is 26.9 Å². The largest absolute Gasteiger partial charge is 0.508 e. The van der Waals surface area contributed by atoms with Crippen LogP contribution >= 0.6 is 0 Å². The molecule has 0 radical (unpaired) electrons. The minimum Gasteiger partial charge on any atom is -0.508 e. The predicted octanol–water partition coefficient (Wildman–Crippen LogP) is 2.80. The summed E-state index contributed by atoms with van der Waals surface area (Å²) in [5.41, 5.74) is 1.96. The van der Waals surface area contributed by atoms with Crippen molar-refractivity contribution in [3.05, 3.63) is 29.3 Å². The topological polar surface area (TPSA) is 29.5 Å². The maximum Gasteiger partial charge on any atom is 0.118 e. The van der Waals surface area contributed by atoms with Crippen LogP contribution in [0.5, 0.6) is 5.75 Å². The van der Waals surface area contributed by atoms with Crippen LogP contribution in [-0.2, 0) is 4.74 Å². The summed E-state index contributed by atoms with van der Waals surface area (Å²) in [6.07, 6.45) is 0.0529. The number of phenols is 1. The molecule has 0 fully saturated rings. The molecule has 0 aliphatic heterocycles. The molecule has 1 rings (SSSR count). The van der Waals surface area contributed by atoms with Crippen molar-refractivity contribution in [3.8, 4) is 5.75 Å². The summed E-state index contributed by atoms with van der Waals surface area (Å²) in [5.74, 6) is 0.337. The summed E-state index contributed by atoms with van der Waals surface area (Å²) in [5, 5.41) is 9.46. The first kappa shape index (κ1) is 10.1. The molecule has 0 saturated heterocycles. The van der Waals surface area contributed by atoms with Crippen LogP contribution in [0.15, 0.2) is 18.2 Å². The standard InChI is InChI=1S/C11H16O2/c1-4-13-9(3)10-6-5-7-11(12)8(10)2/h5-7,9,12H,4H2,1-3H3. The molecule has 1 atom stereocenters. The fourth-order valence-corrected chi connectivity index (χ4v) is 1.42. The lowest BCUT2D eigenvalue weighted by atomic mass is 10.0. The summed E-state index contributed by atoms with van der Waals surface area (Å²) in [6, 6.07) is 5.51. The molecule has 1 aromatic rings. The monoisotopic (exact) mass is 180 g/mol. The third-order valence-electron chi connectivity index (χ3n) is 2.20. The van der Waals surface area contributed by atoms with Crippen LogP contribution in [-0.4, -0.2) is 11.7 Å². The minimum atomic E-state index is 0.0529.